The molecule has 1 amide bonds. The van der Waals surface area contributed by atoms with Crippen molar-refractivity contribution in [2.45, 2.75) is 18.4 Å². The lowest BCUT2D eigenvalue weighted by atomic mass is 9.91. The lowest BCUT2D eigenvalue weighted by molar-refractivity contribution is -0.144. The van der Waals surface area contributed by atoms with E-state index in [9.17, 15) is 9.59 Å². The highest BCUT2D eigenvalue weighted by Gasteiger charge is 2.61. The van der Waals surface area contributed by atoms with E-state index in [2.05, 4.69) is 34.9 Å². The van der Waals surface area contributed by atoms with Crippen molar-refractivity contribution >= 4 is 23.3 Å². The monoisotopic (exact) mass is 505 g/mol. The van der Waals surface area contributed by atoms with Crippen molar-refractivity contribution in [3.05, 3.63) is 120 Å². The highest BCUT2D eigenvalue weighted by Crippen LogP contribution is 2.55. The highest BCUT2D eigenvalue weighted by molar-refractivity contribution is 6.05. The zero-order chi connectivity index (χ0) is 26.5. The van der Waals surface area contributed by atoms with Gasteiger partial charge in [0, 0.05) is 12.1 Å². The molecule has 192 valence electrons. The van der Waals surface area contributed by atoms with Gasteiger partial charge in [-0.3, -0.25) is 9.59 Å². The van der Waals surface area contributed by atoms with E-state index in [1.54, 1.807) is 24.3 Å². The van der Waals surface area contributed by atoms with E-state index in [1.807, 2.05) is 54.6 Å². The Morgan fingerprint density at radius 3 is 2.21 bits per heavy atom. The number of ether oxygens (including phenoxy) is 1. The number of rotatable bonds is 9. The number of amides is 1. The third kappa shape index (κ3) is 5.17. The number of benzene rings is 4. The predicted octanol–water partition coefficient (Wildman–Crippen LogP) is 5.41. The maximum absolute atomic E-state index is 12.9. The van der Waals surface area contributed by atoms with E-state index in [0.29, 0.717) is 30.0 Å². The normalized spacial score (nSPS) is 18.0. The fourth-order valence-electron chi connectivity index (χ4n) is 5.04. The Balaban J connectivity index is 1.18. The molecule has 1 fully saturated rings. The molecule has 4 N–H and O–H groups in total. The molecule has 6 nitrogen and oxygen atoms in total. The van der Waals surface area contributed by atoms with Gasteiger partial charge in [0.25, 0.3) is 5.91 Å². The maximum atomic E-state index is 12.9. The number of hydrogen-bond acceptors (Lipinski definition) is 5. The molecular formula is C32H31N3O3. The fourth-order valence-corrected chi connectivity index (χ4v) is 5.04. The molecule has 1 saturated carbocycles. The molecule has 1 aliphatic carbocycles. The summed E-state index contributed by atoms with van der Waals surface area (Å²) in [5.41, 5.74) is 11.3. The summed E-state index contributed by atoms with van der Waals surface area (Å²) >= 11 is 0. The molecule has 0 bridgehead atoms. The largest absolute Gasteiger partial charge is 0.468 e. The number of para-hydroxylation sites is 2. The maximum Gasteiger partial charge on any atom is 0.316 e. The quantitative estimate of drug-likeness (QED) is 0.209. The number of anilines is 2. The lowest BCUT2D eigenvalue weighted by Gasteiger charge is -2.17. The molecule has 38 heavy (non-hydrogen) atoms. The Kier molecular flexibility index (Phi) is 7.24. The van der Waals surface area contributed by atoms with Gasteiger partial charge < -0.3 is 21.1 Å². The summed E-state index contributed by atoms with van der Waals surface area (Å²) in [6.07, 6.45) is 0.749. The number of nitrogens with one attached hydrogen (secondary N) is 2. The van der Waals surface area contributed by atoms with Gasteiger partial charge in [-0.2, -0.15) is 0 Å². The van der Waals surface area contributed by atoms with Crippen molar-refractivity contribution < 1.29 is 14.3 Å². The first-order valence-electron chi connectivity index (χ1n) is 12.7. The van der Waals surface area contributed by atoms with Crippen LogP contribution >= 0.6 is 0 Å². The van der Waals surface area contributed by atoms with Crippen LogP contribution in [0.15, 0.2) is 103 Å². The van der Waals surface area contributed by atoms with Crippen molar-refractivity contribution in [1.82, 2.24) is 5.32 Å². The van der Waals surface area contributed by atoms with Crippen LogP contribution in [0.1, 0.15) is 27.9 Å². The first-order valence-corrected chi connectivity index (χ1v) is 12.7. The van der Waals surface area contributed by atoms with Crippen molar-refractivity contribution in [1.29, 1.82) is 0 Å². The van der Waals surface area contributed by atoms with Crippen molar-refractivity contribution in [3.63, 3.8) is 0 Å². The number of carbonyl (C=O) groups is 2. The van der Waals surface area contributed by atoms with Crippen LogP contribution in [0.4, 0.5) is 11.4 Å². The van der Waals surface area contributed by atoms with Gasteiger partial charge in [-0.05, 0) is 65.4 Å². The third-order valence-corrected chi connectivity index (χ3v) is 7.31. The van der Waals surface area contributed by atoms with Gasteiger partial charge >= 0.3 is 5.97 Å². The summed E-state index contributed by atoms with van der Waals surface area (Å²) in [4.78, 5) is 25.4. The molecule has 0 heterocycles. The third-order valence-electron chi connectivity index (χ3n) is 7.31. The minimum Gasteiger partial charge on any atom is -0.468 e. The molecular weight excluding hydrogens is 474 g/mol. The Labute approximate surface area is 222 Å². The SMILES string of the molecule is COC(=O)[C@@]1(c2ccc(-c3ccccc3)cc2)C[C@@H]1CNCc1ccc(C(=O)Nc2ccccc2N)cc1. The Morgan fingerprint density at radius 1 is 0.868 bits per heavy atom. The average molecular weight is 506 g/mol. The van der Waals surface area contributed by atoms with Gasteiger partial charge in [-0.15, -0.1) is 0 Å². The van der Waals surface area contributed by atoms with Gasteiger partial charge in [0.05, 0.1) is 23.9 Å². The molecule has 0 radical (unpaired) electrons. The van der Waals surface area contributed by atoms with Crippen LogP contribution in [0.25, 0.3) is 11.1 Å². The van der Waals surface area contributed by atoms with Gasteiger partial charge in [-0.1, -0.05) is 78.9 Å². The first kappa shape index (κ1) is 25.2. The van der Waals surface area contributed by atoms with E-state index >= 15 is 0 Å². The summed E-state index contributed by atoms with van der Waals surface area (Å²) in [7, 11) is 1.45. The van der Waals surface area contributed by atoms with E-state index < -0.39 is 5.41 Å². The highest BCUT2D eigenvalue weighted by atomic mass is 16.5. The van der Waals surface area contributed by atoms with Gasteiger partial charge in [0.1, 0.15) is 0 Å². The summed E-state index contributed by atoms with van der Waals surface area (Å²) in [5.74, 6) is -0.244. The van der Waals surface area contributed by atoms with Gasteiger partial charge in [0.15, 0.2) is 0 Å². The second-order valence-corrected chi connectivity index (χ2v) is 9.68. The van der Waals surface area contributed by atoms with Gasteiger partial charge in [-0.25, -0.2) is 0 Å². The number of nitrogen functional groups attached to an aromatic ring is 1. The number of esters is 1. The van der Waals surface area contributed by atoms with Crippen molar-refractivity contribution in [2.75, 3.05) is 24.7 Å². The zero-order valence-electron chi connectivity index (χ0n) is 21.3. The van der Waals surface area contributed by atoms with Crippen LogP contribution in [-0.4, -0.2) is 25.5 Å². The number of hydrogen-bond donors (Lipinski definition) is 3. The molecule has 1 aliphatic rings. The molecule has 0 unspecified atom stereocenters. The van der Waals surface area contributed by atoms with Crippen molar-refractivity contribution in [3.8, 4) is 11.1 Å². The molecule has 0 spiro atoms. The smallest absolute Gasteiger partial charge is 0.316 e. The van der Waals surface area contributed by atoms with Crippen LogP contribution in [0.5, 0.6) is 0 Å². The molecule has 0 aromatic heterocycles. The first-order chi connectivity index (χ1) is 18.5. The van der Waals surface area contributed by atoms with Crippen LogP contribution in [0.2, 0.25) is 0 Å². The minimum atomic E-state index is -0.613. The zero-order valence-corrected chi connectivity index (χ0v) is 21.3. The van der Waals surface area contributed by atoms with Gasteiger partial charge in [0.2, 0.25) is 0 Å². The van der Waals surface area contributed by atoms with E-state index in [4.69, 9.17) is 10.5 Å². The molecule has 5 rings (SSSR count). The molecule has 4 aromatic carbocycles. The van der Waals surface area contributed by atoms with Crippen LogP contribution in [-0.2, 0) is 21.5 Å². The Hall–Kier alpha value is -4.42. The summed E-state index contributed by atoms with van der Waals surface area (Å²) in [5, 5.41) is 6.32. The van der Waals surface area contributed by atoms with Crippen LogP contribution in [0, 0.1) is 5.92 Å². The van der Waals surface area contributed by atoms with Crippen LogP contribution in [0.3, 0.4) is 0 Å². The number of carbonyl (C=O) groups excluding carboxylic acids is 2. The van der Waals surface area contributed by atoms with Crippen LogP contribution < -0.4 is 16.4 Å². The number of methoxy groups -OCH3 is 1. The van der Waals surface area contributed by atoms with E-state index in [-0.39, 0.29) is 17.8 Å². The average Bonchev–Trinajstić information content (AvgIpc) is 3.70. The Morgan fingerprint density at radius 2 is 1.53 bits per heavy atom. The van der Waals surface area contributed by atoms with Crippen molar-refractivity contribution in [2.24, 2.45) is 5.92 Å². The number of nitrogens with two attached hydrogens (primary N) is 1. The minimum absolute atomic E-state index is 0.152. The Bertz CT molecular complexity index is 1420. The molecule has 6 heteroatoms. The topological polar surface area (TPSA) is 93.4 Å². The molecule has 0 saturated heterocycles. The second-order valence-electron chi connectivity index (χ2n) is 9.68. The molecule has 0 aliphatic heterocycles. The summed E-state index contributed by atoms with van der Waals surface area (Å²) in [6.45, 7) is 1.32. The van der Waals surface area contributed by atoms with E-state index in [0.717, 1.165) is 28.7 Å². The molecule has 4 aromatic rings. The second kappa shape index (κ2) is 10.9. The molecule has 2 atom stereocenters. The summed E-state index contributed by atoms with van der Waals surface area (Å²) in [6, 6.07) is 33.1. The summed E-state index contributed by atoms with van der Waals surface area (Å²) < 4.78 is 5.21. The standard InChI is InChI=1S/C32H31N3O3/c1-38-31(37)32(26-17-15-24(16-18-26)23-7-3-2-4-8-23)19-27(32)21-34-20-22-11-13-25(14-12-22)30(36)35-29-10-6-5-9-28(29)33/h2-18,27,34H,19-21,33H2,1H3,(H,35,36)/t27-,32-/m1/s1. The lowest BCUT2D eigenvalue weighted by Crippen LogP contribution is -2.28. The predicted molar refractivity (Wildman–Crippen MR) is 151 cm³/mol. The fraction of sp³-hybridized carbons (Fsp3) is 0.188. The van der Waals surface area contributed by atoms with E-state index in [1.165, 1.54) is 7.11 Å².